The topological polar surface area (TPSA) is 201 Å². The van der Waals surface area contributed by atoms with E-state index >= 15 is 0 Å². The summed E-state index contributed by atoms with van der Waals surface area (Å²) in [4.78, 5) is 61.3. The molecule has 4 rings (SSSR count). The predicted molar refractivity (Wildman–Crippen MR) is 209 cm³/mol. The van der Waals surface area contributed by atoms with Crippen LogP contribution in [-0.2, 0) is 45.1 Å². The largest absolute Gasteiger partial charge is 0.445 e. The second-order valence-corrected chi connectivity index (χ2v) is 14.2. The third kappa shape index (κ3) is 13.8. The van der Waals surface area contributed by atoms with E-state index in [1.165, 1.54) is 0 Å². The van der Waals surface area contributed by atoms with Gasteiger partial charge in [-0.15, -0.1) is 0 Å². The first-order chi connectivity index (χ1) is 26.9. The summed E-state index contributed by atoms with van der Waals surface area (Å²) in [6.45, 7) is 6.90. The number of benzene rings is 2. The molecular weight excluding hydrogens is 716 g/mol. The zero-order valence-corrected chi connectivity index (χ0v) is 32.1. The molecule has 2 aromatic carbocycles. The van der Waals surface area contributed by atoms with E-state index in [4.69, 9.17) is 9.47 Å². The minimum Gasteiger partial charge on any atom is -0.445 e. The molecule has 4 amide bonds. The first-order valence-corrected chi connectivity index (χ1v) is 18.6. The van der Waals surface area contributed by atoms with Crippen LogP contribution in [0.15, 0.2) is 110 Å². The number of aliphatic hydroxyl groups is 2. The Morgan fingerprint density at radius 2 is 0.893 bits per heavy atom. The van der Waals surface area contributed by atoms with Crippen molar-refractivity contribution in [1.82, 2.24) is 31.2 Å². The molecule has 0 unspecified atom stereocenters. The van der Waals surface area contributed by atoms with Crippen LogP contribution in [0.1, 0.15) is 49.9 Å². The zero-order valence-electron chi connectivity index (χ0n) is 32.1. The molecule has 6 N–H and O–H groups in total. The first kappa shape index (κ1) is 42.9. The van der Waals surface area contributed by atoms with Gasteiger partial charge < -0.3 is 41.0 Å². The second kappa shape index (κ2) is 21.9. The highest BCUT2D eigenvalue weighted by Crippen LogP contribution is 2.17. The van der Waals surface area contributed by atoms with Crippen LogP contribution in [-0.4, -0.2) is 80.6 Å². The van der Waals surface area contributed by atoms with E-state index in [0.717, 1.165) is 11.1 Å². The Morgan fingerprint density at radius 1 is 0.536 bits per heavy atom. The van der Waals surface area contributed by atoms with Gasteiger partial charge in [0.15, 0.2) is 0 Å². The van der Waals surface area contributed by atoms with Crippen LogP contribution < -0.4 is 21.3 Å². The average molecular weight is 769 g/mol. The summed E-state index contributed by atoms with van der Waals surface area (Å²) in [6.07, 6.45) is 1.66. The van der Waals surface area contributed by atoms with Crippen LogP contribution in [0.25, 0.3) is 0 Å². The van der Waals surface area contributed by atoms with Gasteiger partial charge in [0.2, 0.25) is 11.8 Å². The Kier molecular flexibility index (Phi) is 16.8. The average Bonchev–Trinajstić information content (AvgIpc) is 3.20. The summed E-state index contributed by atoms with van der Waals surface area (Å²) in [5.74, 6) is -1.99. The summed E-state index contributed by atoms with van der Waals surface area (Å²) in [7, 11) is 0. The third-order valence-corrected chi connectivity index (χ3v) is 9.06. The molecule has 14 nitrogen and oxygen atoms in total. The number of aromatic nitrogens is 2. The number of hydrogen-bond donors (Lipinski definition) is 6. The quantitative estimate of drug-likeness (QED) is 0.0814. The van der Waals surface area contributed by atoms with E-state index in [0.29, 0.717) is 11.1 Å². The molecule has 14 heteroatoms. The Balaban J connectivity index is 1.53. The standard InChI is InChI=1S/C42H52N6O8/c1-27(2)35(47-41(53)55-25-31-17-11-19-43-23-31)39(51)45-33(21-29-13-7-5-8-14-29)37(49)38(50)34(22-30-15-9-6-10-16-30)46-40(52)36(28(3)4)48-42(54)56-26-32-18-12-20-44-24-32/h5-20,23-24,27-28,33-38,49-50H,21-22,25-26H2,1-4H3,(H,45,51)(H,46,52)(H,47,53)(H,48,54)/t33-,34-,35-,36-,37+,38+/m0/s1. The molecule has 56 heavy (non-hydrogen) atoms. The SMILES string of the molecule is CC(C)[C@H](NC(=O)OCc1cccnc1)C(=O)N[C@@H](Cc1ccccc1)[C@@H](O)[C@H](O)[C@H](Cc1ccccc1)NC(=O)[C@@H](NC(=O)OCc1cccnc1)C(C)C. The highest BCUT2D eigenvalue weighted by atomic mass is 16.6. The van der Waals surface area contributed by atoms with Crippen LogP contribution in [0.4, 0.5) is 9.59 Å². The Labute approximate surface area is 327 Å². The fourth-order valence-electron chi connectivity index (χ4n) is 5.94. The normalized spacial score (nSPS) is 14.4. The van der Waals surface area contributed by atoms with E-state index in [1.54, 1.807) is 76.7 Å². The summed E-state index contributed by atoms with van der Waals surface area (Å²) < 4.78 is 10.7. The highest BCUT2D eigenvalue weighted by molar-refractivity contribution is 5.87. The maximum absolute atomic E-state index is 13.9. The molecule has 0 aliphatic rings. The monoisotopic (exact) mass is 768 g/mol. The molecule has 2 aromatic heterocycles. The van der Waals surface area contributed by atoms with Gasteiger partial charge in [0.1, 0.15) is 37.5 Å². The molecule has 0 spiro atoms. The number of hydrogen-bond acceptors (Lipinski definition) is 10. The fraction of sp³-hybridized carbons (Fsp3) is 0.381. The number of nitrogens with zero attached hydrogens (tertiary/aromatic N) is 2. The molecule has 0 bridgehead atoms. The maximum Gasteiger partial charge on any atom is 0.408 e. The van der Waals surface area contributed by atoms with Crippen LogP contribution in [0.2, 0.25) is 0 Å². The molecule has 0 radical (unpaired) electrons. The number of ether oxygens (including phenoxy) is 2. The van der Waals surface area contributed by atoms with Crippen LogP contribution in [0.5, 0.6) is 0 Å². The molecule has 0 aliphatic heterocycles. The van der Waals surface area contributed by atoms with Crippen molar-refractivity contribution in [2.75, 3.05) is 0 Å². The van der Waals surface area contributed by atoms with E-state index in [2.05, 4.69) is 31.2 Å². The van der Waals surface area contributed by atoms with Gasteiger partial charge in [0, 0.05) is 35.9 Å². The van der Waals surface area contributed by atoms with Crippen molar-refractivity contribution in [2.24, 2.45) is 11.8 Å². The minimum absolute atomic E-state index is 0.0536. The second-order valence-electron chi connectivity index (χ2n) is 14.2. The maximum atomic E-state index is 13.9. The lowest BCUT2D eigenvalue weighted by Gasteiger charge is -2.35. The molecule has 0 saturated heterocycles. The lowest BCUT2D eigenvalue weighted by molar-refractivity contribution is -0.129. The third-order valence-electron chi connectivity index (χ3n) is 9.06. The molecule has 0 saturated carbocycles. The molecule has 2 heterocycles. The number of pyridine rings is 2. The van der Waals surface area contributed by atoms with Crippen molar-refractivity contribution in [1.29, 1.82) is 0 Å². The molecular formula is C42H52N6O8. The van der Waals surface area contributed by atoms with Gasteiger partial charge in [-0.25, -0.2) is 9.59 Å². The van der Waals surface area contributed by atoms with Crippen molar-refractivity contribution in [3.63, 3.8) is 0 Å². The highest BCUT2D eigenvalue weighted by Gasteiger charge is 2.37. The smallest absolute Gasteiger partial charge is 0.408 e. The van der Waals surface area contributed by atoms with Crippen LogP contribution in [0.3, 0.4) is 0 Å². The van der Waals surface area contributed by atoms with Crippen LogP contribution >= 0.6 is 0 Å². The number of rotatable bonds is 19. The number of amides is 4. The van der Waals surface area contributed by atoms with Crippen molar-refractivity contribution >= 4 is 24.0 Å². The van der Waals surface area contributed by atoms with Gasteiger partial charge in [-0.05, 0) is 47.9 Å². The molecule has 0 aliphatic carbocycles. The number of alkyl carbamates (subject to hydrolysis) is 2. The van der Waals surface area contributed by atoms with Gasteiger partial charge in [-0.1, -0.05) is 100 Å². The van der Waals surface area contributed by atoms with Crippen molar-refractivity contribution in [2.45, 2.75) is 90.1 Å². The number of nitrogens with one attached hydrogen (secondary N) is 4. The van der Waals surface area contributed by atoms with Gasteiger partial charge in [0.25, 0.3) is 0 Å². The first-order valence-electron chi connectivity index (χ1n) is 18.6. The molecule has 298 valence electrons. The molecule has 4 aromatic rings. The van der Waals surface area contributed by atoms with E-state index in [-0.39, 0.29) is 37.9 Å². The molecule has 6 atom stereocenters. The van der Waals surface area contributed by atoms with Gasteiger partial charge in [0.05, 0.1) is 12.1 Å². The lowest BCUT2D eigenvalue weighted by atomic mass is 9.90. The van der Waals surface area contributed by atoms with Crippen molar-refractivity contribution < 1.29 is 38.9 Å². The van der Waals surface area contributed by atoms with Crippen molar-refractivity contribution in [3.8, 4) is 0 Å². The van der Waals surface area contributed by atoms with Crippen LogP contribution in [0, 0.1) is 11.8 Å². The minimum atomic E-state index is -1.62. The summed E-state index contributed by atoms with van der Waals surface area (Å²) >= 11 is 0. The van der Waals surface area contributed by atoms with Crippen molar-refractivity contribution in [3.05, 3.63) is 132 Å². The Bertz CT molecular complexity index is 1670. The lowest BCUT2D eigenvalue weighted by Crippen LogP contribution is -2.61. The van der Waals surface area contributed by atoms with E-state index in [9.17, 15) is 29.4 Å². The van der Waals surface area contributed by atoms with E-state index in [1.807, 2.05) is 60.7 Å². The fourth-order valence-corrected chi connectivity index (χ4v) is 5.94. The summed E-state index contributed by atoms with van der Waals surface area (Å²) in [6, 6.07) is 20.8. The van der Waals surface area contributed by atoms with Gasteiger partial charge in [-0.2, -0.15) is 0 Å². The Hall–Kier alpha value is -5.86. The van der Waals surface area contributed by atoms with Gasteiger partial charge in [-0.3, -0.25) is 19.6 Å². The van der Waals surface area contributed by atoms with Gasteiger partial charge >= 0.3 is 12.2 Å². The number of carbonyl (C=O) groups is 4. The zero-order chi connectivity index (χ0) is 40.5. The van der Waals surface area contributed by atoms with E-state index < -0.39 is 60.4 Å². The molecule has 0 fully saturated rings. The number of carbonyl (C=O) groups excluding carboxylic acids is 4. The number of aliphatic hydroxyl groups excluding tert-OH is 2. The summed E-state index contributed by atoms with van der Waals surface area (Å²) in [5, 5.41) is 34.8. The summed E-state index contributed by atoms with van der Waals surface area (Å²) in [5.41, 5.74) is 2.85. The Morgan fingerprint density at radius 3 is 1.21 bits per heavy atom. The predicted octanol–water partition coefficient (Wildman–Crippen LogP) is 3.86.